The summed E-state index contributed by atoms with van der Waals surface area (Å²) < 4.78 is 11.4. The van der Waals surface area contributed by atoms with Crippen LogP contribution in [0.5, 0.6) is 11.5 Å². The zero-order valence-electron chi connectivity index (χ0n) is 9.28. The Morgan fingerprint density at radius 1 is 0.857 bits per heavy atom. The molecule has 4 heteroatoms. The lowest BCUT2D eigenvalue weighted by atomic mass is 10.3. The van der Waals surface area contributed by atoms with E-state index in [-0.39, 0.29) is 0 Å². The molecule has 0 atom stereocenters. The van der Waals surface area contributed by atoms with Gasteiger partial charge in [0.2, 0.25) is 18.1 Å². The normalized spacial score (nSPS) is 10.7. The fourth-order valence-electron chi connectivity index (χ4n) is 1.17. The van der Waals surface area contributed by atoms with E-state index in [4.69, 9.17) is 8.85 Å². The molecule has 78 valence electrons. The molecule has 1 rings (SSSR count). The molecular weight excluding hydrogens is 208 g/mol. The van der Waals surface area contributed by atoms with Crippen molar-refractivity contribution in [3.05, 3.63) is 24.3 Å². The van der Waals surface area contributed by atoms with Crippen molar-refractivity contribution in [2.24, 2.45) is 0 Å². The standard InChI is InChI=1S/C10H18O2Si2/c1-13(2)11-9-6-5-7-10(8-9)12-14(3)4/h5-8,13-14H,1-4H3. The van der Waals surface area contributed by atoms with Gasteiger partial charge in [-0.15, -0.1) is 0 Å². The molecule has 1 aromatic carbocycles. The summed E-state index contributed by atoms with van der Waals surface area (Å²) in [7, 11) is -2.00. The zero-order valence-corrected chi connectivity index (χ0v) is 11.6. The predicted molar refractivity (Wildman–Crippen MR) is 65.5 cm³/mol. The fraction of sp³-hybridized carbons (Fsp3) is 0.400. The van der Waals surface area contributed by atoms with Crippen molar-refractivity contribution in [1.82, 2.24) is 0 Å². The Bertz CT molecular complexity index is 262. The molecule has 0 spiro atoms. The lowest BCUT2D eigenvalue weighted by Crippen LogP contribution is -2.13. The van der Waals surface area contributed by atoms with Crippen molar-refractivity contribution in [1.29, 1.82) is 0 Å². The van der Waals surface area contributed by atoms with Crippen LogP contribution in [0.25, 0.3) is 0 Å². The molecule has 0 aliphatic rings. The van der Waals surface area contributed by atoms with Crippen molar-refractivity contribution >= 4 is 18.1 Å². The number of hydrogen-bond donors (Lipinski definition) is 0. The van der Waals surface area contributed by atoms with Crippen LogP contribution in [0.15, 0.2) is 24.3 Å². The first-order valence-corrected chi connectivity index (χ1v) is 10.6. The molecule has 0 amide bonds. The summed E-state index contributed by atoms with van der Waals surface area (Å²) in [5, 5.41) is 0. The average Bonchev–Trinajstić information content (AvgIpc) is 2.01. The third-order valence-corrected chi connectivity index (χ3v) is 3.04. The van der Waals surface area contributed by atoms with Gasteiger partial charge in [0.25, 0.3) is 0 Å². The van der Waals surface area contributed by atoms with Crippen LogP contribution >= 0.6 is 0 Å². The third-order valence-electron chi connectivity index (χ3n) is 1.55. The van der Waals surface area contributed by atoms with Gasteiger partial charge >= 0.3 is 0 Å². The van der Waals surface area contributed by atoms with Crippen LogP contribution in [0, 0.1) is 0 Å². The molecule has 0 fully saturated rings. The maximum absolute atomic E-state index is 5.71. The van der Waals surface area contributed by atoms with Crippen molar-refractivity contribution in [2.75, 3.05) is 0 Å². The summed E-state index contributed by atoms with van der Waals surface area (Å²) in [6.45, 7) is 8.63. The molecule has 2 nitrogen and oxygen atoms in total. The van der Waals surface area contributed by atoms with E-state index in [0.717, 1.165) is 11.5 Å². The highest BCUT2D eigenvalue weighted by atomic mass is 28.3. The second kappa shape index (κ2) is 5.21. The summed E-state index contributed by atoms with van der Waals surface area (Å²) in [5.74, 6) is 1.89. The molecule has 0 saturated carbocycles. The van der Waals surface area contributed by atoms with Crippen molar-refractivity contribution in [2.45, 2.75) is 26.2 Å². The molecule has 0 aliphatic heterocycles. The maximum Gasteiger partial charge on any atom is 0.229 e. The Labute approximate surface area is 89.3 Å². The second-order valence-corrected chi connectivity index (χ2v) is 8.47. The third kappa shape index (κ3) is 3.97. The summed E-state index contributed by atoms with van der Waals surface area (Å²) in [4.78, 5) is 0. The summed E-state index contributed by atoms with van der Waals surface area (Å²) in [6, 6.07) is 7.95. The molecule has 0 aliphatic carbocycles. The zero-order chi connectivity index (χ0) is 10.6. The van der Waals surface area contributed by atoms with E-state index in [2.05, 4.69) is 26.2 Å². The van der Waals surface area contributed by atoms with Gasteiger partial charge in [-0.05, 0) is 38.3 Å². The van der Waals surface area contributed by atoms with Crippen LogP contribution in [0.4, 0.5) is 0 Å². The van der Waals surface area contributed by atoms with E-state index < -0.39 is 18.1 Å². The monoisotopic (exact) mass is 226 g/mol. The minimum Gasteiger partial charge on any atom is -0.547 e. The molecular formula is C10H18O2Si2. The van der Waals surface area contributed by atoms with Gasteiger partial charge in [0.1, 0.15) is 11.5 Å². The van der Waals surface area contributed by atoms with E-state index in [0.29, 0.717) is 0 Å². The Kier molecular flexibility index (Phi) is 4.22. The minimum atomic E-state index is -0.998. The SMILES string of the molecule is C[SiH](C)Oc1cccc(O[SiH](C)C)c1. The number of rotatable bonds is 4. The highest BCUT2D eigenvalue weighted by Gasteiger charge is 2.02. The van der Waals surface area contributed by atoms with E-state index in [1.807, 2.05) is 24.3 Å². The van der Waals surface area contributed by atoms with Gasteiger partial charge in [-0.2, -0.15) is 0 Å². The molecule has 0 N–H and O–H groups in total. The van der Waals surface area contributed by atoms with E-state index >= 15 is 0 Å². The van der Waals surface area contributed by atoms with Gasteiger partial charge in [0.15, 0.2) is 0 Å². The predicted octanol–water partition coefficient (Wildman–Crippen LogP) is 2.41. The van der Waals surface area contributed by atoms with Gasteiger partial charge in [-0.3, -0.25) is 0 Å². The first-order valence-electron chi connectivity index (χ1n) is 5.01. The summed E-state index contributed by atoms with van der Waals surface area (Å²) in [5.41, 5.74) is 0. The number of hydrogen-bond acceptors (Lipinski definition) is 2. The number of benzene rings is 1. The van der Waals surface area contributed by atoms with E-state index in [1.54, 1.807) is 0 Å². The van der Waals surface area contributed by atoms with Gasteiger partial charge in [-0.1, -0.05) is 6.07 Å². The molecule has 1 aromatic rings. The van der Waals surface area contributed by atoms with Crippen LogP contribution in [0.2, 0.25) is 26.2 Å². The van der Waals surface area contributed by atoms with Crippen LogP contribution in [-0.2, 0) is 0 Å². The largest absolute Gasteiger partial charge is 0.547 e. The maximum atomic E-state index is 5.71. The second-order valence-electron chi connectivity index (χ2n) is 3.81. The average molecular weight is 226 g/mol. The van der Waals surface area contributed by atoms with Crippen LogP contribution in [0.1, 0.15) is 0 Å². The quantitative estimate of drug-likeness (QED) is 0.734. The first-order chi connectivity index (χ1) is 6.58. The molecule has 0 unspecified atom stereocenters. The summed E-state index contributed by atoms with van der Waals surface area (Å²) >= 11 is 0. The lowest BCUT2D eigenvalue weighted by molar-refractivity contribution is 0.555. The van der Waals surface area contributed by atoms with Gasteiger partial charge in [0, 0.05) is 6.07 Å². The van der Waals surface area contributed by atoms with Gasteiger partial charge in [-0.25, -0.2) is 0 Å². The van der Waals surface area contributed by atoms with Crippen molar-refractivity contribution in [3.63, 3.8) is 0 Å². The fourth-order valence-corrected chi connectivity index (χ4v) is 2.55. The molecule has 14 heavy (non-hydrogen) atoms. The lowest BCUT2D eigenvalue weighted by Gasteiger charge is -2.13. The smallest absolute Gasteiger partial charge is 0.229 e. The molecule has 0 heterocycles. The molecule has 0 radical (unpaired) electrons. The van der Waals surface area contributed by atoms with Crippen LogP contribution < -0.4 is 8.85 Å². The minimum absolute atomic E-state index is 0.943. The Morgan fingerprint density at radius 2 is 1.29 bits per heavy atom. The van der Waals surface area contributed by atoms with Crippen molar-refractivity contribution in [3.8, 4) is 11.5 Å². The van der Waals surface area contributed by atoms with Gasteiger partial charge in [0.05, 0.1) is 0 Å². The van der Waals surface area contributed by atoms with Crippen LogP contribution in [-0.4, -0.2) is 18.1 Å². The van der Waals surface area contributed by atoms with E-state index in [9.17, 15) is 0 Å². The Morgan fingerprint density at radius 3 is 1.64 bits per heavy atom. The van der Waals surface area contributed by atoms with Gasteiger partial charge < -0.3 is 8.85 Å². The first kappa shape index (κ1) is 11.3. The highest BCUT2D eigenvalue weighted by molar-refractivity contribution is 6.49. The van der Waals surface area contributed by atoms with Crippen molar-refractivity contribution < 1.29 is 8.85 Å². The Hall–Kier alpha value is -0.746. The summed E-state index contributed by atoms with van der Waals surface area (Å²) in [6.07, 6.45) is 0. The van der Waals surface area contributed by atoms with E-state index in [1.165, 1.54) is 0 Å². The molecule has 0 bridgehead atoms. The Balaban J connectivity index is 2.68. The molecule has 0 aromatic heterocycles. The molecule has 0 saturated heterocycles. The highest BCUT2D eigenvalue weighted by Crippen LogP contribution is 2.20. The topological polar surface area (TPSA) is 18.5 Å². The van der Waals surface area contributed by atoms with Crippen LogP contribution in [0.3, 0.4) is 0 Å².